The summed E-state index contributed by atoms with van der Waals surface area (Å²) in [6.45, 7) is 5.18. The summed E-state index contributed by atoms with van der Waals surface area (Å²) < 4.78 is 0. The predicted molar refractivity (Wildman–Crippen MR) is 69.6 cm³/mol. The maximum atomic E-state index is 11.6. The summed E-state index contributed by atoms with van der Waals surface area (Å²) in [6, 6.07) is 2.02. The maximum Gasteiger partial charge on any atom is 0.275 e. The lowest BCUT2D eigenvalue weighted by Crippen LogP contribution is -2.31. The molecule has 1 aliphatic carbocycles. The first-order valence-corrected chi connectivity index (χ1v) is 6.92. The number of nitrogens with one attached hydrogen (secondary N) is 1. The molecule has 1 saturated carbocycles. The molecule has 4 nitrogen and oxygen atoms in total. The lowest BCUT2D eigenvalue weighted by Gasteiger charge is -2.20. The highest BCUT2D eigenvalue weighted by Gasteiger charge is 2.24. The molecule has 0 aromatic carbocycles. The van der Waals surface area contributed by atoms with Crippen molar-refractivity contribution in [2.24, 2.45) is 11.8 Å². The van der Waals surface area contributed by atoms with Crippen LogP contribution in [-0.4, -0.2) is 23.9 Å². The van der Waals surface area contributed by atoms with Gasteiger partial charge < -0.3 is 0 Å². The van der Waals surface area contributed by atoms with Gasteiger partial charge in [0.2, 0.25) is 0 Å². The van der Waals surface area contributed by atoms with E-state index in [-0.39, 0.29) is 5.91 Å². The Morgan fingerprint density at radius 3 is 3.00 bits per heavy atom. The van der Waals surface area contributed by atoms with E-state index < -0.39 is 0 Å². The Balaban J connectivity index is 2.00. The Labute approximate surface area is 106 Å². The van der Waals surface area contributed by atoms with E-state index in [1.165, 1.54) is 24.2 Å². The highest BCUT2D eigenvalue weighted by molar-refractivity contribution is 7.12. The number of carbonyl (C=O) groups excluding carboxylic acids is 1. The zero-order valence-corrected chi connectivity index (χ0v) is 10.9. The second kappa shape index (κ2) is 5.62. The second-order valence-electron chi connectivity index (χ2n) is 4.52. The fourth-order valence-corrected chi connectivity index (χ4v) is 2.76. The van der Waals surface area contributed by atoms with Gasteiger partial charge in [0.1, 0.15) is 0 Å². The van der Waals surface area contributed by atoms with Crippen LogP contribution in [0.1, 0.15) is 35.0 Å². The van der Waals surface area contributed by atoms with Gasteiger partial charge in [-0.15, -0.1) is 11.3 Å². The van der Waals surface area contributed by atoms with E-state index in [1.54, 1.807) is 0 Å². The van der Waals surface area contributed by atoms with Crippen molar-refractivity contribution in [3.63, 3.8) is 0 Å². The predicted octanol–water partition coefficient (Wildman–Crippen LogP) is 1.58. The minimum atomic E-state index is -0.183. The summed E-state index contributed by atoms with van der Waals surface area (Å²) in [5.74, 6) is 5.87. The Bertz CT molecular complexity index is 387. The Morgan fingerprint density at radius 1 is 1.65 bits per heavy atom. The van der Waals surface area contributed by atoms with Crippen LogP contribution >= 0.6 is 11.3 Å². The van der Waals surface area contributed by atoms with Gasteiger partial charge in [0, 0.05) is 13.1 Å². The first-order valence-electron chi connectivity index (χ1n) is 6.04. The third-order valence-electron chi connectivity index (χ3n) is 3.14. The SMILES string of the molecule is CCN(Cc1ccsc1C(=O)NN)CC1CC1. The van der Waals surface area contributed by atoms with E-state index in [1.807, 2.05) is 11.4 Å². The molecule has 0 radical (unpaired) electrons. The molecule has 0 atom stereocenters. The summed E-state index contributed by atoms with van der Waals surface area (Å²) >= 11 is 1.45. The summed E-state index contributed by atoms with van der Waals surface area (Å²) in [5, 5.41) is 1.95. The molecule has 2 rings (SSSR count). The van der Waals surface area contributed by atoms with Crippen LogP contribution in [0, 0.1) is 5.92 Å². The Kier molecular flexibility index (Phi) is 4.15. The first-order chi connectivity index (χ1) is 8.24. The Morgan fingerprint density at radius 2 is 2.41 bits per heavy atom. The van der Waals surface area contributed by atoms with Crippen molar-refractivity contribution in [1.29, 1.82) is 0 Å². The number of amides is 1. The van der Waals surface area contributed by atoms with Crippen molar-refractivity contribution < 1.29 is 4.79 Å². The van der Waals surface area contributed by atoms with Crippen LogP contribution in [-0.2, 0) is 6.54 Å². The molecule has 94 valence electrons. The molecular weight excluding hydrogens is 234 g/mol. The van der Waals surface area contributed by atoms with E-state index in [0.717, 1.165) is 36.0 Å². The number of nitrogens with two attached hydrogens (primary N) is 1. The Hall–Kier alpha value is -0.910. The smallest absolute Gasteiger partial charge is 0.275 e. The largest absolute Gasteiger partial charge is 0.299 e. The quantitative estimate of drug-likeness (QED) is 0.460. The average Bonchev–Trinajstić information content (AvgIpc) is 3.04. The van der Waals surface area contributed by atoms with Crippen LogP contribution in [0.5, 0.6) is 0 Å². The van der Waals surface area contributed by atoms with Crippen molar-refractivity contribution in [3.8, 4) is 0 Å². The molecule has 17 heavy (non-hydrogen) atoms. The number of hydrogen-bond donors (Lipinski definition) is 2. The minimum Gasteiger partial charge on any atom is -0.299 e. The van der Waals surface area contributed by atoms with Crippen molar-refractivity contribution in [3.05, 3.63) is 21.9 Å². The fraction of sp³-hybridized carbons (Fsp3) is 0.583. The molecule has 1 fully saturated rings. The van der Waals surface area contributed by atoms with Gasteiger partial charge in [0.15, 0.2) is 0 Å². The van der Waals surface area contributed by atoms with Crippen molar-refractivity contribution in [2.75, 3.05) is 13.1 Å². The molecule has 1 aliphatic rings. The molecule has 1 aromatic heterocycles. The molecule has 0 bridgehead atoms. The summed E-state index contributed by atoms with van der Waals surface area (Å²) in [5.41, 5.74) is 3.29. The number of hydrazine groups is 1. The van der Waals surface area contributed by atoms with Gasteiger partial charge in [-0.3, -0.25) is 15.1 Å². The highest BCUT2D eigenvalue weighted by Crippen LogP contribution is 2.30. The van der Waals surface area contributed by atoms with Crippen molar-refractivity contribution in [1.82, 2.24) is 10.3 Å². The zero-order chi connectivity index (χ0) is 12.3. The van der Waals surface area contributed by atoms with Crippen LogP contribution in [0.2, 0.25) is 0 Å². The van der Waals surface area contributed by atoms with Crippen molar-refractivity contribution >= 4 is 17.2 Å². The van der Waals surface area contributed by atoms with E-state index in [9.17, 15) is 4.79 Å². The van der Waals surface area contributed by atoms with Crippen LogP contribution in [0.15, 0.2) is 11.4 Å². The van der Waals surface area contributed by atoms with Crippen LogP contribution in [0.25, 0.3) is 0 Å². The lowest BCUT2D eigenvalue weighted by atomic mass is 10.2. The van der Waals surface area contributed by atoms with Crippen molar-refractivity contribution in [2.45, 2.75) is 26.3 Å². The first kappa shape index (κ1) is 12.5. The maximum absolute atomic E-state index is 11.6. The van der Waals surface area contributed by atoms with Gasteiger partial charge in [-0.1, -0.05) is 6.92 Å². The topological polar surface area (TPSA) is 58.4 Å². The molecular formula is C12H19N3OS. The van der Waals surface area contributed by atoms with Crippen LogP contribution in [0.3, 0.4) is 0 Å². The number of carbonyl (C=O) groups is 1. The van der Waals surface area contributed by atoms with Gasteiger partial charge >= 0.3 is 0 Å². The molecule has 3 N–H and O–H groups in total. The molecule has 1 heterocycles. The zero-order valence-electron chi connectivity index (χ0n) is 10.1. The van der Waals surface area contributed by atoms with Gasteiger partial charge in [-0.05, 0) is 42.3 Å². The number of nitrogens with zero attached hydrogens (tertiary/aromatic N) is 1. The molecule has 0 unspecified atom stereocenters. The minimum absolute atomic E-state index is 0.183. The molecule has 0 spiro atoms. The number of rotatable bonds is 6. The molecule has 5 heteroatoms. The number of hydrogen-bond acceptors (Lipinski definition) is 4. The summed E-state index contributed by atoms with van der Waals surface area (Å²) in [4.78, 5) is 14.7. The third kappa shape index (κ3) is 3.28. The molecule has 1 aromatic rings. The highest BCUT2D eigenvalue weighted by atomic mass is 32.1. The van der Waals surface area contributed by atoms with Gasteiger partial charge in [-0.25, -0.2) is 5.84 Å². The fourth-order valence-electron chi connectivity index (χ4n) is 1.94. The van der Waals surface area contributed by atoms with E-state index in [2.05, 4.69) is 17.2 Å². The van der Waals surface area contributed by atoms with Crippen LogP contribution in [0.4, 0.5) is 0 Å². The van der Waals surface area contributed by atoms with E-state index in [4.69, 9.17) is 5.84 Å². The number of thiophene rings is 1. The molecule has 0 aliphatic heterocycles. The van der Waals surface area contributed by atoms with E-state index in [0.29, 0.717) is 0 Å². The summed E-state index contributed by atoms with van der Waals surface area (Å²) in [6.07, 6.45) is 2.71. The van der Waals surface area contributed by atoms with Gasteiger partial charge in [0.25, 0.3) is 5.91 Å². The van der Waals surface area contributed by atoms with E-state index >= 15 is 0 Å². The molecule has 1 amide bonds. The monoisotopic (exact) mass is 253 g/mol. The third-order valence-corrected chi connectivity index (χ3v) is 4.09. The average molecular weight is 253 g/mol. The second-order valence-corrected chi connectivity index (χ2v) is 5.44. The van der Waals surface area contributed by atoms with Gasteiger partial charge in [0.05, 0.1) is 4.88 Å². The standard InChI is InChI=1S/C12H19N3OS/c1-2-15(7-9-3-4-9)8-10-5-6-17-11(10)12(16)14-13/h5-6,9H,2-4,7-8,13H2,1H3,(H,14,16). The van der Waals surface area contributed by atoms with Crippen LogP contribution < -0.4 is 11.3 Å². The van der Waals surface area contributed by atoms with Gasteiger partial charge in [-0.2, -0.15) is 0 Å². The summed E-state index contributed by atoms with van der Waals surface area (Å²) in [7, 11) is 0. The molecule has 0 saturated heterocycles. The lowest BCUT2D eigenvalue weighted by molar-refractivity contribution is 0.0956. The number of nitrogen functional groups attached to an aromatic ring is 1. The normalized spacial score (nSPS) is 15.2.